The van der Waals surface area contributed by atoms with Crippen LogP contribution in [0.15, 0.2) is 18.2 Å². The number of esters is 1. The van der Waals surface area contributed by atoms with Crippen molar-refractivity contribution in [1.82, 2.24) is 0 Å². The van der Waals surface area contributed by atoms with Crippen LogP contribution in [0.25, 0.3) is 0 Å². The lowest BCUT2D eigenvalue weighted by molar-refractivity contribution is 0.0493. The molecule has 112 valence electrons. The van der Waals surface area contributed by atoms with E-state index in [9.17, 15) is 4.79 Å². The second-order valence-corrected chi connectivity index (χ2v) is 4.71. The molecule has 1 rings (SSSR count). The molecular weight excluding hydrogens is 254 g/mol. The third-order valence-corrected chi connectivity index (χ3v) is 3.04. The van der Waals surface area contributed by atoms with Gasteiger partial charge in [0, 0.05) is 0 Å². The quantitative estimate of drug-likeness (QED) is 0.424. The number of anilines is 1. The lowest BCUT2D eigenvalue weighted by Crippen LogP contribution is -2.10. The highest BCUT2D eigenvalue weighted by molar-refractivity contribution is 5.94. The second kappa shape index (κ2) is 9.23. The zero-order valence-electron chi connectivity index (χ0n) is 12.5. The fraction of sp³-hybridized carbons (Fsp3) is 0.562. The first-order chi connectivity index (χ1) is 9.70. The Morgan fingerprint density at radius 3 is 2.60 bits per heavy atom. The van der Waals surface area contributed by atoms with E-state index in [2.05, 4.69) is 6.92 Å². The highest BCUT2D eigenvalue weighted by atomic mass is 16.5. The van der Waals surface area contributed by atoms with Gasteiger partial charge in [-0.3, -0.25) is 0 Å². The van der Waals surface area contributed by atoms with E-state index in [0.29, 0.717) is 30.2 Å². The fourth-order valence-electron chi connectivity index (χ4n) is 1.97. The van der Waals surface area contributed by atoms with Gasteiger partial charge in [0.15, 0.2) is 5.75 Å². The van der Waals surface area contributed by atoms with Gasteiger partial charge in [-0.15, -0.1) is 0 Å². The molecule has 0 aliphatic carbocycles. The molecule has 0 unspecified atom stereocenters. The summed E-state index contributed by atoms with van der Waals surface area (Å²) in [5, 5.41) is 0. The van der Waals surface area contributed by atoms with Crippen molar-refractivity contribution in [2.45, 2.75) is 46.0 Å². The molecule has 20 heavy (non-hydrogen) atoms. The Balaban J connectivity index is 2.49. The largest absolute Gasteiger partial charge is 0.491 e. The van der Waals surface area contributed by atoms with Gasteiger partial charge in [-0.25, -0.2) is 4.79 Å². The molecule has 0 amide bonds. The van der Waals surface area contributed by atoms with Crippen molar-refractivity contribution < 1.29 is 14.3 Å². The maximum absolute atomic E-state index is 12.0. The first-order valence-electron chi connectivity index (χ1n) is 7.39. The number of benzene rings is 1. The number of hydrogen-bond acceptors (Lipinski definition) is 4. The van der Waals surface area contributed by atoms with Crippen LogP contribution >= 0.6 is 0 Å². The first kappa shape index (κ1) is 16.3. The third-order valence-electron chi connectivity index (χ3n) is 3.04. The summed E-state index contributed by atoms with van der Waals surface area (Å²) in [7, 11) is 0. The van der Waals surface area contributed by atoms with Gasteiger partial charge in [0.2, 0.25) is 0 Å². The molecule has 0 fully saturated rings. The fourth-order valence-corrected chi connectivity index (χ4v) is 1.97. The molecule has 0 radical (unpaired) electrons. The van der Waals surface area contributed by atoms with Gasteiger partial charge in [0.1, 0.15) is 5.56 Å². The van der Waals surface area contributed by atoms with E-state index in [-0.39, 0.29) is 5.97 Å². The van der Waals surface area contributed by atoms with E-state index in [1.165, 1.54) is 19.3 Å². The summed E-state index contributed by atoms with van der Waals surface area (Å²) in [5.41, 5.74) is 6.69. The average Bonchev–Trinajstić information content (AvgIpc) is 2.45. The molecule has 0 bridgehead atoms. The smallest absolute Gasteiger partial charge is 0.342 e. The van der Waals surface area contributed by atoms with Crippen LogP contribution in [-0.2, 0) is 4.74 Å². The molecule has 0 aromatic heterocycles. The molecular formula is C16H25NO3. The number of nitrogens with two attached hydrogens (primary N) is 1. The highest BCUT2D eigenvalue weighted by Gasteiger charge is 2.15. The summed E-state index contributed by atoms with van der Waals surface area (Å²) < 4.78 is 10.7. The van der Waals surface area contributed by atoms with Crippen molar-refractivity contribution in [3.05, 3.63) is 23.8 Å². The van der Waals surface area contributed by atoms with Crippen molar-refractivity contribution in [2.75, 3.05) is 18.9 Å². The Hall–Kier alpha value is -1.71. The van der Waals surface area contributed by atoms with Gasteiger partial charge in [0.05, 0.1) is 18.9 Å². The van der Waals surface area contributed by atoms with Crippen LogP contribution in [0.5, 0.6) is 5.75 Å². The lowest BCUT2D eigenvalue weighted by atomic mass is 10.1. The van der Waals surface area contributed by atoms with Gasteiger partial charge >= 0.3 is 5.97 Å². The van der Waals surface area contributed by atoms with Gasteiger partial charge in [0.25, 0.3) is 0 Å². The molecule has 0 saturated heterocycles. The Morgan fingerprint density at radius 2 is 1.90 bits per heavy atom. The maximum Gasteiger partial charge on any atom is 0.342 e. The average molecular weight is 279 g/mol. The predicted octanol–water partition coefficient (Wildman–Crippen LogP) is 3.79. The first-order valence-corrected chi connectivity index (χ1v) is 7.39. The van der Waals surface area contributed by atoms with Crippen LogP contribution in [-0.4, -0.2) is 19.2 Å². The van der Waals surface area contributed by atoms with Gasteiger partial charge in [-0.1, -0.05) is 38.7 Å². The number of unbranched alkanes of at least 4 members (excludes halogenated alkanes) is 4. The number of carbonyl (C=O) groups is 1. The number of nitrogen functional groups attached to an aromatic ring is 1. The Bertz CT molecular complexity index is 418. The van der Waals surface area contributed by atoms with Crippen molar-refractivity contribution >= 4 is 11.7 Å². The van der Waals surface area contributed by atoms with Crippen molar-refractivity contribution in [3.63, 3.8) is 0 Å². The molecule has 0 heterocycles. The van der Waals surface area contributed by atoms with Gasteiger partial charge < -0.3 is 15.2 Å². The zero-order valence-corrected chi connectivity index (χ0v) is 12.5. The Kier molecular flexibility index (Phi) is 7.55. The third kappa shape index (κ3) is 5.11. The van der Waals surface area contributed by atoms with Crippen molar-refractivity contribution in [3.8, 4) is 5.75 Å². The van der Waals surface area contributed by atoms with Crippen LogP contribution in [0, 0.1) is 0 Å². The molecule has 4 nitrogen and oxygen atoms in total. The minimum atomic E-state index is -0.365. The standard InChI is InChI=1S/C16H25NO3/c1-3-5-6-7-8-12-20-16(18)13-10-9-11-14(17)15(13)19-4-2/h9-11H,3-8,12,17H2,1-2H3. The number of rotatable bonds is 9. The van der Waals surface area contributed by atoms with Crippen LogP contribution in [0.2, 0.25) is 0 Å². The summed E-state index contributed by atoms with van der Waals surface area (Å²) >= 11 is 0. The Labute approximate surface area is 121 Å². The van der Waals surface area contributed by atoms with E-state index < -0.39 is 0 Å². The summed E-state index contributed by atoms with van der Waals surface area (Å²) in [6.45, 7) is 4.94. The van der Waals surface area contributed by atoms with Crippen LogP contribution in [0.3, 0.4) is 0 Å². The SMILES string of the molecule is CCCCCCCOC(=O)c1cccc(N)c1OCC. The predicted molar refractivity (Wildman–Crippen MR) is 81.1 cm³/mol. The monoisotopic (exact) mass is 279 g/mol. The summed E-state index contributed by atoms with van der Waals surface area (Å²) in [6, 6.07) is 5.13. The number of carbonyl (C=O) groups excluding carboxylic acids is 1. The topological polar surface area (TPSA) is 61.5 Å². The van der Waals surface area contributed by atoms with E-state index in [0.717, 1.165) is 12.8 Å². The molecule has 0 spiro atoms. The molecule has 2 N–H and O–H groups in total. The molecule has 1 aromatic rings. The lowest BCUT2D eigenvalue weighted by Gasteiger charge is -2.12. The highest BCUT2D eigenvalue weighted by Crippen LogP contribution is 2.27. The Morgan fingerprint density at radius 1 is 1.15 bits per heavy atom. The van der Waals surface area contributed by atoms with E-state index in [4.69, 9.17) is 15.2 Å². The maximum atomic E-state index is 12.0. The molecule has 0 aliphatic rings. The molecule has 0 aliphatic heterocycles. The van der Waals surface area contributed by atoms with Crippen LogP contribution in [0.1, 0.15) is 56.3 Å². The normalized spacial score (nSPS) is 10.3. The summed E-state index contributed by atoms with van der Waals surface area (Å²) in [4.78, 5) is 12.0. The number of hydrogen-bond donors (Lipinski definition) is 1. The van der Waals surface area contributed by atoms with Crippen molar-refractivity contribution in [2.24, 2.45) is 0 Å². The minimum Gasteiger partial charge on any atom is -0.491 e. The molecule has 1 aromatic carbocycles. The zero-order chi connectivity index (χ0) is 14.8. The summed E-state index contributed by atoms with van der Waals surface area (Å²) in [6.07, 6.45) is 5.63. The molecule has 4 heteroatoms. The number of para-hydroxylation sites is 1. The second-order valence-electron chi connectivity index (χ2n) is 4.71. The summed E-state index contributed by atoms with van der Waals surface area (Å²) in [5.74, 6) is 0.0576. The van der Waals surface area contributed by atoms with Crippen LogP contribution in [0.4, 0.5) is 5.69 Å². The van der Waals surface area contributed by atoms with Crippen LogP contribution < -0.4 is 10.5 Å². The number of ether oxygens (including phenoxy) is 2. The van der Waals surface area contributed by atoms with E-state index >= 15 is 0 Å². The molecule has 0 atom stereocenters. The van der Waals surface area contributed by atoms with E-state index in [1.54, 1.807) is 18.2 Å². The van der Waals surface area contributed by atoms with Gasteiger partial charge in [-0.05, 0) is 25.5 Å². The van der Waals surface area contributed by atoms with Crippen molar-refractivity contribution in [1.29, 1.82) is 0 Å². The minimum absolute atomic E-state index is 0.365. The van der Waals surface area contributed by atoms with E-state index in [1.807, 2.05) is 6.92 Å². The molecule has 0 saturated carbocycles. The van der Waals surface area contributed by atoms with Gasteiger partial charge in [-0.2, -0.15) is 0 Å².